The molecule has 242 valence electrons. The Kier molecular flexibility index (Phi) is 67.6. The molecule has 0 saturated carbocycles. The fourth-order valence-electron chi connectivity index (χ4n) is 0.995. The van der Waals surface area contributed by atoms with Gasteiger partial charge in [0.25, 0.3) is 10.2 Å². The van der Waals surface area contributed by atoms with Crippen LogP contribution in [0.5, 0.6) is 0 Å². The summed E-state index contributed by atoms with van der Waals surface area (Å²) in [6.45, 7) is 2.68. The summed E-state index contributed by atoms with van der Waals surface area (Å²) in [5, 5.41) is 95.2. The van der Waals surface area contributed by atoms with Gasteiger partial charge in [-0.1, -0.05) is 0 Å². The fraction of sp³-hybridized carbons (Fsp3) is 0.417. The zero-order valence-corrected chi connectivity index (χ0v) is 23.2. The molecule has 0 aliphatic carbocycles. The van der Waals surface area contributed by atoms with Crippen LogP contribution in [0.25, 0.3) is 0 Å². The minimum absolute atomic E-state index is 0. The number of hydrogen-bond donors (Lipinski definition) is 9. The molecule has 0 aliphatic rings. The van der Waals surface area contributed by atoms with Crippen LogP contribution in [0.4, 0.5) is 0 Å². The summed E-state index contributed by atoms with van der Waals surface area (Å²) in [6.07, 6.45) is -3.63. The molecule has 14 N–H and O–H groups in total. The SMILES string of the molecule is C=C=O.O.O.O=C(O)CC(O)(CC(=O)O)C(=O)O.O=C(O)CC([O-])(O)C(=O)O.O=[N+]([O-])O.O=[N+]([O-])O.[Cu].[Cu].[Na+].[OH-]. The number of rotatable bonds is 8. The van der Waals surface area contributed by atoms with Gasteiger partial charge < -0.3 is 67.7 Å². The number of carboxylic acid groups (broad SMARTS) is 5. The van der Waals surface area contributed by atoms with Crippen LogP contribution in [-0.2, 0) is 62.9 Å². The van der Waals surface area contributed by atoms with Crippen LogP contribution in [0.1, 0.15) is 19.3 Å². The number of aliphatic carboxylic acids is 5. The Labute approximate surface area is 262 Å². The van der Waals surface area contributed by atoms with Gasteiger partial charge in [-0.3, -0.25) is 19.2 Å². The first kappa shape index (κ1) is 70.9. The van der Waals surface area contributed by atoms with Gasteiger partial charge in [-0.25, -0.2) is 9.59 Å². The standard InChI is InChI=1S/C6H8O7.C4H5O6.C2H2O.2Cu.2HNO3.Na.3H2O/c7-3(8)1-6(13,5(11)12)2-4(9)10;5-2(6)1-4(9,10)3(7)8;1-2-3;;;2*2-1(3)4;;;;/h13H,1-2H2,(H,7,8)(H,9,10)(H,11,12);9H,1H2,(H,5,6)(H,7,8);1H2;;;2*(H,2,3,4);;3*1H2/q;-1;;;;;;+1;;;/p-1. The molecular formula is C12H22Cu2N2NaO23-. The number of carbonyl (C=O) groups is 5. The number of hydrogen-bond acceptors (Lipinski definition) is 14. The summed E-state index contributed by atoms with van der Waals surface area (Å²) in [5.41, 5.74) is -2.74. The fourth-order valence-corrected chi connectivity index (χ4v) is 0.995. The van der Waals surface area contributed by atoms with Crippen LogP contribution in [0.2, 0.25) is 0 Å². The molecule has 0 spiro atoms. The van der Waals surface area contributed by atoms with Crippen LogP contribution in [0.3, 0.4) is 0 Å². The molecule has 0 amide bonds. The number of carbonyl (C=O) groups excluding carboxylic acids is 1. The quantitative estimate of drug-likeness (QED) is 0.0371. The van der Waals surface area contributed by atoms with Crippen molar-refractivity contribution < 1.29 is 170 Å². The Bertz CT molecular complexity index is 735. The molecule has 40 heavy (non-hydrogen) atoms. The topological polar surface area (TPSA) is 487 Å². The van der Waals surface area contributed by atoms with Crippen molar-refractivity contribution in [2.24, 2.45) is 0 Å². The van der Waals surface area contributed by atoms with Crippen LogP contribution < -0.4 is 34.7 Å². The minimum Gasteiger partial charge on any atom is -0.870 e. The van der Waals surface area contributed by atoms with Crippen molar-refractivity contribution >= 4 is 35.8 Å². The van der Waals surface area contributed by atoms with E-state index >= 15 is 0 Å². The maximum absolute atomic E-state index is 10.3. The minimum atomic E-state index is -3.41. The van der Waals surface area contributed by atoms with Crippen molar-refractivity contribution in [2.45, 2.75) is 30.7 Å². The molecule has 0 rings (SSSR count). The maximum atomic E-state index is 10.3. The van der Waals surface area contributed by atoms with Crippen LogP contribution >= 0.6 is 0 Å². The molecule has 0 aromatic rings. The molecule has 0 aromatic heterocycles. The summed E-state index contributed by atoms with van der Waals surface area (Å²) in [5.74, 6) is -10.9. The second-order valence-corrected chi connectivity index (χ2v) is 4.76. The molecule has 0 fully saturated rings. The molecule has 1 atom stereocenters. The van der Waals surface area contributed by atoms with E-state index in [0.29, 0.717) is 0 Å². The van der Waals surface area contributed by atoms with E-state index in [1.54, 1.807) is 0 Å². The van der Waals surface area contributed by atoms with Crippen LogP contribution in [0, 0.1) is 20.2 Å². The second-order valence-electron chi connectivity index (χ2n) is 4.76. The third kappa shape index (κ3) is 70.2. The van der Waals surface area contributed by atoms with Gasteiger partial charge in [0.1, 0.15) is 11.7 Å². The third-order valence-electron chi connectivity index (χ3n) is 2.01. The molecular weight excluding hydrogens is 690 g/mol. The van der Waals surface area contributed by atoms with E-state index in [1.807, 2.05) is 0 Å². The van der Waals surface area contributed by atoms with Gasteiger partial charge in [0.2, 0.25) is 0 Å². The van der Waals surface area contributed by atoms with Gasteiger partial charge in [-0.15, -0.1) is 20.2 Å². The predicted octanol–water partition coefficient (Wildman–Crippen LogP) is -9.17. The summed E-state index contributed by atoms with van der Waals surface area (Å²) >= 11 is 0. The van der Waals surface area contributed by atoms with Gasteiger partial charge in [0.05, 0.1) is 19.3 Å². The van der Waals surface area contributed by atoms with E-state index < -0.39 is 70.7 Å². The van der Waals surface area contributed by atoms with E-state index in [4.69, 9.17) is 71.2 Å². The third-order valence-corrected chi connectivity index (χ3v) is 2.01. The number of aliphatic hydroxyl groups is 2. The molecule has 28 heteroatoms. The van der Waals surface area contributed by atoms with Gasteiger partial charge in [0.15, 0.2) is 5.60 Å². The van der Waals surface area contributed by atoms with Gasteiger partial charge in [-0.05, 0) is 6.58 Å². The summed E-state index contributed by atoms with van der Waals surface area (Å²) in [6, 6.07) is 0. The molecule has 25 nitrogen and oxygen atoms in total. The van der Waals surface area contributed by atoms with E-state index in [1.165, 1.54) is 5.94 Å². The second kappa shape index (κ2) is 38.1. The van der Waals surface area contributed by atoms with Crippen molar-refractivity contribution in [1.82, 2.24) is 0 Å². The molecule has 2 radical (unpaired) electrons. The number of carboxylic acids is 5. The Hall–Kier alpha value is -3.00. The largest absolute Gasteiger partial charge is 1.00 e. The summed E-state index contributed by atoms with van der Waals surface area (Å²) < 4.78 is 0. The molecule has 0 heterocycles. The molecule has 1 unspecified atom stereocenters. The van der Waals surface area contributed by atoms with E-state index in [0.717, 1.165) is 0 Å². The Morgan fingerprint density at radius 3 is 0.975 bits per heavy atom. The van der Waals surface area contributed by atoms with Gasteiger partial charge >= 0.3 is 59.4 Å². The summed E-state index contributed by atoms with van der Waals surface area (Å²) in [4.78, 5) is 75.2. The molecule has 0 bridgehead atoms. The average molecular weight is 712 g/mol. The Balaban J connectivity index is -0.0000000311. The van der Waals surface area contributed by atoms with Crippen molar-refractivity contribution in [3.05, 3.63) is 26.8 Å². The van der Waals surface area contributed by atoms with E-state index in [-0.39, 0.29) is 80.1 Å². The summed E-state index contributed by atoms with van der Waals surface area (Å²) in [7, 11) is 0. The smallest absolute Gasteiger partial charge is 0.870 e. The van der Waals surface area contributed by atoms with Crippen LogP contribution in [-0.4, -0.2) is 120 Å². The van der Waals surface area contributed by atoms with Crippen molar-refractivity contribution in [3.8, 4) is 0 Å². The monoisotopic (exact) mass is 711 g/mol. The first-order valence-electron chi connectivity index (χ1n) is 7.10. The molecule has 0 aliphatic heterocycles. The average Bonchev–Trinajstić information content (AvgIpc) is 2.51. The number of nitrogens with zero attached hydrogens (tertiary/aromatic N) is 2. The molecule has 0 aromatic carbocycles. The first-order valence-corrected chi connectivity index (χ1v) is 7.10. The normalized spacial score (nSPS) is 8.88. The predicted molar refractivity (Wildman–Crippen MR) is 100.0 cm³/mol. The van der Waals surface area contributed by atoms with Gasteiger partial charge in [-0.2, -0.15) is 0 Å². The zero-order valence-electron chi connectivity index (χ0n) is 19.3. The van der Waals surface area contributed by atoms with E-state index in [9.17, 15) is 29.1 Å². The van der Waals surface area contributed by atoms with Crippen molar-refractivity contribution in [1.29, 1.82) is 0 Å². The Morgan fingerprint density at radius 1 is 0.725 bits per heavy atom. The molecule has 0 saturated heterocycles. The zero-order chi connectivity index (χ0) is 28.9. The maximum Gasteiger partial charge on any atom is 1.00 e. The van der Waals surface area contributed by atoms with Crippen LogP contribution in [0.15, 0.2) is 6.58 Å². The van der Waals surface area contributed by atoms with Gasteiger partial charge in [0, 0.05) is 34.1 Å². The van der Waals surface area contributed by atoms with Crippen molar-refractivity contribution in [3.63, 3.8) is 0 Å². The van der Waals surface area contributed by atoms with E-state index in [2.05, 4.69) is 6.58 Å². The Morgan fingerprint density at radius 2 is 0.900 bits per heavy atom. The first-order chi connectivity index (χ1) is 15.0. The van der Waals surface area contributed by atoms with Crippen molar-refractivity contribution in [2.75, 3.05) is 0 Å².